The van der Waals surface area contributed by atoms with Gasteiger partial charge in [0.05, 0.1) is 19.0 Å². The molecular weight excluding hydrogens is 324 g/mol. The summed E-state index contributed by atoms with van der Waals surface area (Å²) in [4.78, 5) is 0. The Hall–Kier alpha value is -3.27. The van der Waals surface area contributed by atoms with E-state index in [1.807, 2.05) is 60.7 Å². The maximum atomic E-state index is 5.99. The minimum Gasteiger partial charge on any atom is -0.493 e. The van der Waals surface area contributed by atoms with Crippen molar-refractivity contribution >= 4 is 11.9 Å². The van der Waals surface area contributed by atoms with Crippen LogP contribution in [-0.2, 0) is 6.61 Å². The Morgan fingerprint density at radius 1 is 0.923 bits per heavy atom. The fraction of sp³-hybridized carbons (Fsp3) is 0.136. The second kappa shape index (κ2) is 8.72. The second-order valence-electron chi connectivity index (χ2n) is 5.86. The number of anilines is 1. The largest absolute Gasteiger partial charge is 0.493 e. The second-order valence-corrected chi connectivity index (χ2v) is 5.86. The zero-order chi connectivity index (χ0) is 18.2. The first-order valence-corrected chi connectivity index (χ1v) is 8.46. The maximum absolute atomic E-state index is 5.99. The van der Waals surface area contributed by atoms with Crippen LogP contribution in [0, 0.1) is 6.92 Å². The Bertz CT molecular complexity index is 876. The summed E-state index contributed by atoms with van der Waals surface area (Å²) in [5, 5.41) is 4.27. The van der Waals surface area contributed by atoms with E-state index in [9.17, 15) is 0 Å². The molecule has 0 bridgehead atoms. The molecule has 0 heterocycles. The molecule has 0 fully saturated rings. The molecule has 0 atom stereocenters. The quantitative estimate of drug-likeness (QED) is 0.482. The van der Waals surface area contributed by atoms with Crippen molar-refractivity contribution in [1.29, 1.82) is 0 Å². The van der Waals surface area contributed by atoms with Gasteiger partial charge in [0.1, 0.15) is 6.61 Å². The third-order valence-electron chi connectivity index (χ3n) is 4.01. The first kappa shape index (κ1) is 17.5. The number of nitrogens with one attached hydrogen (secondary N) is 1. The van der Waals surface area contributed by atoms with E-state index in [0.717, 1.165) is 16.8 Å². The minimum absolute atomic E-state index is 0.492. The maximum Gasteiger partial charge on any atom is 0.162 e. The van der Waals surface area contributed by atoms with Gasteiger partial charge in [-0.3, -0.25) is 5.43 Å². The molecule has 0 aliphatic carbocycles. The van der Waals surface area contributed by atoms with Crippen molar-refractivity contribution in [2.24, 2.45) is 5.10 Å². The Kier molecular flexibility index (Phi) is 5.88. The Labute approximate surface area is 154 Å². The van der Waals surface area contributed by atoms with E-state index in [1.54, 1.807) is 13.3 Å². The molecule has 26 heavy (non-hydrogen) atoms. The average Bonchev–Trinajstić information content (AvgIpc) is 2.68. The van der Waals surface area contributed by atoms with Gasteiger partial charge in [-0.1, -0.05) is 42.5 Å². The molecule has 0 saturated carbocycles. The van der Waals surface area contributed by atoms with Crippen LogP contribution in [0.1, 0.15) is 16.7 Å². The van der Waals surface area contributed by atoms with Gasteiger partial charge in [0.2, 0.25) is 0 Å². The molecule has 0 unspecified atom stereocenters. The summed E-state index contributed by atoms with van der Waals surface area (Å²) in [6.45, 7) is 2.57. The summed E-state index contributed by atoms with van der Waals surface area (Å²) in [5.74, 6) is 1.39. The highest BCUT2D eigenvalue weighted by molar-refractivity contribution is 5.81. The highest BCUT2D eigenvalue weighted by Crippen LogP contribution is 2.28. The van der Waals surface area contributed by atoms with Crippen molar-refractivity contribution in [3.8, 4) is 11.5 Å². The smallest absolute Gasteiger partial charge is 0.162 e. The van der Waals surface area contributed by atoms with Gasteiger partial charge >= 0.3 is 0 Å². The van der Waals surface area contributed by atoms with Gasteiger partial charge in [0.15, 0.2) is 11.5 Å². The van der Waals surface area contributed by atoms with Gasteiger partial charge in [-0.05, 0) is 53.9 Å². The first-order chi connectivity index (χ1) is 12.8. The predicted molar refractivity (Wildman–Crippen MR) is 106 cm³/mol. The number of hydrogen-bond acceptors (Lipinski definition) is 4. The standard InChI is InChI=1S/C22H22N2O2/c1-17-8-6-7-9-19(17)16-26-22-14-18(12-13-21(22)25-2)15-23-24-20-10-4-3-5-11-20/h3-15,24H,16H2,1-2H3. The molecule has 0 aliphatic rings. The van der Waals surface area contributed by atoms with Crippen LogP contribution in [0.15, 0.2) is 77.9 Å². The van der Waals surface area contributed by atoms with Gasteiger partial charge in [-0.2, -0.15) is 5.10 Å². The highest BCUT2D eigenvalue weighted by atomic mass is 16.5. The lowest BCUT2D eigenvalue weighted by Gasteiger charge is -2.12. The molecule has 132 valence electrons. The van der Waals surface area contributed by atoms with Crippen LogP contribution in [0.25, 0.3) is 0 Å². The van der Waals surface area contributed by atoms with E-state index in [0.29, 0.717) is 18.1 Å². The van der Waals surface area contributed by atoms with E-state index >= 15 is 0 Å². The summed E-state index contributed by atoms with van der Waals surface area (Å²) < 4.78 is 11.4. The molecular formula is C22H22N2O2. The number of hydrogen-bond donors (Lipinski definition) is 1. The van der Waals surface area contributed by atoms with Crippen molar-refractivity contribution in [2.45, 2.75) is 13.5 Å². The molecule has 0 saturated heterocycles. The van der Waals surface area contributed by atoms with Crippen LogP contribution in [-0.4, -0.2) is 13.3 Å². The predicted octanol–water partition coefficient (Wildman–Crippen LogP) is 5.03. The van der Waals surface area contributed by atoms with Crippen LogP contribution in [0.3, 0.4) is 0 Å². The molecule has 3 aromatic carbocycles. The van der Waals surface area contributed by atoms with E-state index in [2.05, 4.69) is 29.6 Å². The van der Waals surface area contributed by atoms with Crippen molar-refractivity contribution in [2.75, 3.05) is 12.5 Å². The van der Waals surface area contributed by atoms with Crippen molar-refractivity contribution < 1.29 is 9.47 Å². The fourth-order valence-corrected chi connectivity index (χ4v) is 2.51. The SMILES string of the molecule is COc1ccc(C=NNc2ccccc2)cc1OCc1ccccc1C. The summed E-state index contributed by atoms with van der Waals surface area (Å²) in [6, 6.07) is 23.7. The van der Waals surface area contributed by atoms with Crippen molar-refractivity contribution in [1.82, 2.24) is 0 Å². The van der Waals surface area contributed by atoms with Crippen LogP contribution in [0.5, 0.6) is 11.5 Å². The lowest BCUT2D eigenvalue weighted by atomic mass is 10.1. The van der Waals surface area contributed by atoms with Crippen LogP contribution < -0.4 is 14.9 Å². The van der Waals surface area contributed by atoms with E-state index in [1.165, 1.54) is 5.56 Å². The number of rotatable bonds is 7. The molecule has 3 aromatic rings. The molecule has 0 amide bonds. The van der Waals surface area contributed by atoms with Crippen LogP contribution >= 0.6 is 0 Å². The Morgan fingerprint density at radius 2 is 1.69 bits per heavy atom. The Balaban J connectivity index is 1.70. The van der Waals surface area contributed by atoms with Gasteiger partial charge in [0.25, 0.3) is 0 Å². The average molecular weight is 346 g/mol. The van der Waals surface area contributed by atoms with Gasteiger partial charge in [0, 0.05) is 0 Å². The number of nitrogens with zero attached hydrogens (tertiary/aromatic N) is 1. The Morgan fingerprint density at radius 3 is 2.46 bits per heavy atom. The minimum atomic E-state index is 0.492. The first-order valence-electron chi connectivity index (χ1n) is 8.46. The number of hydrazone groups is 1. The van der Waals surface area contributed by atoms with E-state index < -0.39 is 0 Å². The van der Waals surface area contributed by atoms with Gasteiger partial charge < -0.3 is 9.47 Å². The fourth-order valence-electron chi connectivity index (χ4n) is 2.51. The molecule has 0 radical (unpaired) electrons. The monoisotopic (exact) mass is 346 g/mol. The molecule has 1 N–H and O–H groups in total. The molecule has 4 nitrogen and oxygen atoms in total. The topological polar surface area (TPSA) is 42.8 Å². The van der Waals surface area contributed by atoms with E-state index in [4.69, 9.17) is 9.47 Å². The molecule has 3 rings (SSSR count). The van der Waals surface area contributed by atoms with Crippen molar-refractivity contribution in [3.05, 3.63) is 89.5 Å². The summed E-state index contributed by atoms with van der Waals surface area (Å²) in [5.41, 5.74) is 7.22. The number of methoxy groups -OCH3 is 1. The highest BCUT2D eigenvalue weighted by Gasteiger charge is 2.06. The van der Waals surface area contributed by atoms with Crippen LogP contribution in [0.2, 0.25) is 0 Å². The van der Waals surface area contributed by atoms with Gasteiger partial charge in [-0.25, -0.2) is 0 Å². The molecule has 0 aliphatic heterocycles. The normalized spacial score (nSPS) is 10.7. The summed E-state index contributed by atoms with van der Waals surface area (Å²) in [7, 11) is 1.64. The number of benzene rings is 3. The zero-order valence-electron chi connectivity index (χ0n) is 15.0. The summed E-state index contributed by atoms with van der Waals surface area (Å²) >= 11 is 0. The molecule has 0 aromatic heterocycles. The van der Waals surface area contributed by atoms with Crippen LogP contribution in [0.4, 0.5) is 5.69 Å². The number of ether oxygens (including phenoxy) is 2. The number of aryl methyl sites for hydroxylation is 1. The lowest BCUT2D eigenvalue weighted by molar-refractivity contribution is 0.284. The lowest BCUT2D eigenvalue weighted by Crippen LogP contribution is -2.00. The third kappa shape index (κ3) is 4.63. The zero-order valence-corrected chi connectivity index (χ0v) is 15.0. The summed E-state index contributed by atoms with van der Waals surface area (Å²) in [6.07, 6.45) is 1.76. The number of para-hydroxylation sites is 1. The van der Waals surface area contributed by atoms with Crippen molar-refractivity contribution in [3.63, 3.8) is 0 Å². The van der Waals surface area contributed by atoms with Gasteiger partial charge in [-0.15, -0.1) is 0 Å². The third-order valence-corrected chi connectivity index (χ3v) is 4.01. The van der Waals surface area contributed by atoms with E-state index in [-0.39, 0.29) is 0 Å². The molecule has 4 heteroatoms. The molecule has 0 spiro atoms.